The monoisotopic (exact) mass is 206 g/mol. The van der Waals surface area contributed by atoms with Crippen LogP contribution in [0.2, 0.25) is 0 Å². The molecule has 0 aliphatic carbocycles. The second-order valence-corrected chi connectivity index (χ2v) is 3.92. The van der Waals surface area contributed by atoms with Crippen LogP contribution in [0, 0.1) is 23.1 Å². The van der Waals surface area contributed by atoms with Crippen LogP contribution in [-0.2, 0) is 0 Å². The number of nitrogens with zero attached hydrogens (tertiary/aromatic N) is 1. The van der Waals surface area contributed by atoms with Crippen molar-refractivity contribution in [1.82, 2.24) is 5.32 Å². The van der Waals surface area contributed by atoms with Crippen LogP contribution in [0.5, 0.6) is 0 Å². The lowest BCUT2D eigenvalue weighted by molar-refractivity contribution is 0.523. The molecule has 1 atom stereocenters. The Hall–Kier alpha value is -1.40. The molecule has 15 heavy (non-hydrogen) atoms. The number of halogens is 1. The van der Waals surface area contributed by atoms with Gasteiger partial charge in [-0.05, 0) is 30.2 Å². The summed E-state index contributed by atoms with van der Waals surface area (Å²) in [5.74, 6) is 0.161. The number of benzene rings is 1. The summed E-state index contributed by atoms with van der Waals surface area (Å²) in [6.07, 6.45) is 0. The molecule has 1 N–H and O–H groups in total. The van der Waals surface area contributed by atoms with Crippen LogP contribution in [0.1, 0.15) is 25.5 Å². The van der Waals surface area contributed by atoms with E-state index in [2.05, 4.69) is 25.2 Å². The minimum atomic E-state index is -0.428. The fraction of sp³-hybridized carbons (Fsp3) is 0.417. The summed E-state index contributed by atoms with van der Waals surface area (Å²) in [5.41, 5.74) is 0.679. The van der Waals surface area contributed by atoms with Gasteiger partial charge in [0.05, 0.1) is 6.07 Å². The Kier molecular flexibility index (Phi) is 4.26. The Bertz CT molecular complexity index is 355. The van der Waals surface area contributed by atoms with Crippen LogP contribution < -0.4 is 5.32 Å². The molecule has 0 saturated carbocycles. The summed E-state index contributed by atoms with van der Waals surface area (Å²) in [4.78, 5) is 0. The van der Waals surface area contributed by atoms with E-state index in [1.54, 1.807) is 12.1 Å². The van der Waals surface area contributed by atoms with Crippen molar-refractivity contribution in [2.75, 3.05) is 6.54 Å². The van der Waals surface area contributed by atoms with E-state index in [1.807, 2.05) is 0 Å². The molecular formula is C12H15FN2. The molecule has 1 aromatic carbocycles. The highest BCUT2D eigenvalue weighted by molar-refractivity contribution is 5.24. The van der Waals surface area contributed by atoms with E-state index in [1.165, 1.54) is 12.1 Å². The lowest BCUT2D eigenvalue weighted by atomic mass is 10.1. The van der Waals surface area contributed by atoms with E-state index >= 15 is 0 Å². The Balaban J connectivity index is 2.71. The number of nitriles is 1. The predicted molar refractivity (Wildman–Crippen MR) is 57.6 cm³/mol. The lowest BCUT2D eigenvalue weighted by Crippen LogP contribution is -2.24. The Morgan fingerprint density at radius 1 is 1.47 bits per heavy atom. The molecule has 0 radical (unpaired) electrons. The molecule has 0 saturated heterocycles. The minimum Gasteiger partial charge on any atom is -0.298 e. The third-order valence-corrected chi connectivity index (χ3v) is 2.04. The number of hydrogen-bond donors (Lipinski definition) is 1. The first kappa shape index (κ1) is 11.7. The van der Waals surface area contributed by atoms with Gasteiger partial charge in [0.25, 0.3) is 0 Å². The van der Waals surface area contributed by atoms with E-state index in [9.17, 15) is 4.39 Å². The smallest absolute Gasteiger partial charge is 0.123 e. The van der Waals surface area contributed by atoms with Crippen LogP contribution in [0.4, 0.5) is 4.39 Å². The van der Waals surface area contributed by atoms with Crippen molar-refractivity contribution < 1.29 is 4.39 Å². The van der Waals surface area contributed by atoms with E-state index in [4.69, 9.17) is 5.26 Å². The van der Waals surface area contributed by atoms with E-state index in [0.29, 0.717) is 11.5 Å². The van der Waals surface area contributed by atoms with Gasteiger partial charge in [0.1, 0.15) is 11.9 Å². The SMILES string of the molecule is CC(C)CNC(C#N)c1cccc(F)c1. The van der Waals surface area contributed by atoms with Crippen molar-refractivity contribution in [2.24, 2.45) is 5.92 Å². The maximum absolute atomic E-state index is 12.9. The third kappa shape index (κ3) is 3.69. The molecule has 3 heteroatoms. The van der Waals surface area contributed by atoms with E-state index < -0.39 is 6.04 Å². The average molecular weight is 206 g/mol. The van der Waals surface area contributed by atoms with Gasteiger partial charge in [-0.15, -0.1) is 0 Å². The lowest BCUT2D eigenvalue weighted by Gasteiger charge is -2.13. The van der Waals surface area contributed by atoms with Crippen LogP contribution >= 0.6 is 0 Å². The molecule has 1 unspecified atom stereocenters. The standard InChI is InChI=1S/C12H15FN2/c1-9(2)8-15-12(7-14)10-4-3-5-11(13)6-10/h3-6,9,12,15H,8H2,1-2H3. The first-order valence-electron chi connectivity index (χ1n) is 5.02. The van der Waals surface area contributed by atoms with Gasteiger partial charge < -0.3 is 0 Å². The molecule has 0 bridgehead atoms. The molecule has 1 rings (SSSR count). The van der Waals surface area contributed by atoms with Crippen molar-refractivity contribution >= 4 is 0 Å². The second kappa shape index (κ2) is 5.47. The maximum atomic E-state index is 12.9. The molecule has 0 aromatic heterocycles. The van der Waals surface area contributed by atoms with Crippen LogP contribution in [0.3, 0.4) is 0 Å². The number of nitrogens with one attached hydrogen (secondary N) is 1. The molecule has 0 heterocycles. The quantitative estimate of drug-likeness (QED) is 0.822. The van der Waals surface area contributed by atoms with Gasteiger partial charge in [-0.1, -0.05) is 26.0 Å². The number of rotatable bonds is 4. The molecule has 0 aliphatic heterocycles. The summed E-state index contributed by atoms with van der Waals surface area (Å²) in [6.45, 7) is 4.87. The zero-order valence-electron chi connectivity index (χ0n) is 9.00. The third-order valence-electron chi connectivity index (χ3n) is 2.04. The van der Waals surface area contributed by atoms with Gasteiger partial charge in [0.15, 0.2) is 0 Å². The molecule has 0 fully saturated rings. The van der Waals surface area contributed by atoms with Crippen molar-refractivity contribution in [2.45, 2.75) is 19.9 Å². The van der Waals surface area contributed by atoms with Gasteiger partial charge in [0.2, 0.25) is 0 Å². The van der Waals surface area contributed by atoms with Crippen LogP contribution in [-0.4, -0.2) is 6.54 Å². The fourth-order valence-electron chi connectivity index (χ4n) is 1.28. The van der Waals surface area contributed by atoms with Gasteiger partial charge in [0, 0.05) is 0 Å². The van der Waals surface area contributed by atoms with Crippen molar-refractivity contribution in [3.8, 4) is 6.07 Å². The zero-order valence-corrected chi connectivity index (χ0v) is 9.00. The summed E-state index contributed by atoms with van der Waals surface area (Å²) >= 11 is 0. The van der Waals surface area contributed by atoms with Gasteiger partial charge in [-0.25, -0.2) is 4.39 Å². The highest BCUT2D eigenvalue weighted by Crippen LogP contribution is 2.13. The Morgan fingerprint density at radius 3 is 2.73 bits per heavy atom. The first-order chi connectivity index (χ1) is 7.13. The predicted octanol–water partition coefficient (Wildman–Crippen LogP) is 2.64. The molecule has 0 spiro atoms. The molecule has 2 nitrogen and oxygen atoms in total. The summed E-state index contributed by atoms with van der Waals surface area (Å²) in [5, 5.41) is 12.0. The zero-order chi connectivity index (χ0) is 11.3. The Morgan fingerprint density at radius 2 is 2.20 bits per heavy atom. The summed E-state index contributed by atoms with van der Waals surface area (Å²) in [7, 11) is 0. The van der Waals surface area contributed by atoms with Crippen LogP contribution in [0.15, 0.2) is 24.3 Å². The minimum absolute atomic E-state index is 0.306. The fourth-order valence-corrected chi connectivity index (χ4v) is 1.28. The maximum Gasteiger partial charge on any atom is 0.123 e. The molecule has 80 valence electrons. The van der Waals surface area contributed by atoms with Gasteiger partial charge >= 0.3 is 0 Å². The van der Waals surface area contributed by atoms with Crippen molar-refractivity contribution in [3.63, 3.8) is 0 Å². The number of hydrogen-bond acceptors (Lipinski definition) is 2. The van der Waals surface area contributed by atoms with Crippen molar-refractivity contribution in [1.29, 1.82) is 5.26 Å². The van der Waals surface area contributed by atoms with Gasteiger partial charge in [-0.2, -0.15) is 5.26 Å². The van der Waals surface area contributed by atoms with E-state index in [0.717, 1.165) is 6.54 Å². The molecule has 0 amide bonds. The molecule has 0 aliphatic rings. The molecular weight excluding hydrogens is 191 g/mol. The van der Waals surface area contributed by atoms with Crippen LogP contribution in [0.25, 0.3) is 0 Å². The van der Waals surface area contributed by atoms with Crippen molar-refractivity contribution in [3.05, 3.63) is 35.6 Å². The summed E-state index contributed by atoms with van der Waals surface area (Å²) in [6, 6.07) is 7.83. The Labute approximate surface area is 89.7 Å². The first-order valence-corrected chi connectivity index (χ1v) is 5.02. The summed E-state index contributed by atoms with van der Waals surface area (Å²) < 4.78 is 12.9. The second-order valence-electron chi connectivity index (χ2n) is 3.92. The van der Waals surface area contributed by atoms with Gasteiger partial charge in [-0.3, -0.25) is 5.32 Å². The highest BCUT2D eigenvalue weighted by Gasteiger charge is 2.10. The molecule has 1 aromatic rings. The normalized spacial score (nSPS) is 12.5. The highest BCUT2D eigenvalue weighted by atomic mass is 19.1. The largest absolute Gasteiger partial charge is 0.298 e. The van der Waals surface area contributed by atoms with E-state index in [-0.39, 0.29) is 5.82 Å². The average Bonchev–Trinajstić information content (AvgIpc) is 2.18. The topological polar surface area (TPSA) is 35.8 Å².